The molecule has 2 heterocycles. The lowest BCUT2D eigenvalue weighted by molar-refractivity contribution is 0.0914. The molecule has 1 aromatic carbocycles. The summed E-state index contributed by atoms with van der Waals surface area (Å²) in [7, 11) is 2.16. The van der Waals surface area contributed by atoms with E-state index in [-0.39, 0.29) is 10.8 Å². The minimum absolute atomic E-state index is 0.00560. The molecular formula is C18H24N2. The molecule has 2 heteroatoms. The van der Waals surface area contributed by atoms with Crippen molar-refractivity contribution in [2.45, 2.75) is 38.8 Å². The van der Waals surface area contributed by atoms with Gasteiger partial charge in [-0.1, -0.05) is 45.0 Å². The molecule has 20 heavy (non-hydrogen) atoms. The summed E-state index contributed by atoms with van der Waals surface area (Å²) in [4.78, 5) is 4.71. The average molecular weight is 268 g/mol. The van der Waals surface area contributed by atoms with Crippen LogP contribution in [0.3, 0.4) is 0 Å². The second kappa shape index (κ2) is 4.15. The lowest BCUT2D eigenvalue weighted by Crippen LogP contribution is -2.60. The third-order valence-corrected chi connectivity index (χ3v) is 5.74. The maximum atomic E-state index is 4.19. The molecular weight excluding hydrogens is 244 g/mol. The van der Waals surface area contributed by atoms with Gasteiger partial charge in [-0.2, -0.15) is 0 Å². The number of hydrogen-bond acceptors (Lipinski definition) is 2. The fourth-order valence-electron chi connectivity index (χ4n) is 4.10. The van der Waals surface area contributed by atoms with Crippen LogP contribution in [-0.4, -0.2) is 18.1 Å². The molecule has 0 fully saturated rings. The van der Waals surface area contributed by atoms with Crippen molar-refractivity contribution in [1.29, 1.82) is 0 Å². The number of nitrogens with zero attached hydrogens (tertiary/aromatic N) is 2. The highest BCUT2D eigenvalue weighted by atomic mass is 15.4. The molecule has 0 spiro atoms. The number of anilines is 1. The Morgan fingerprint density at radius 3 is 2.60 bits per heavy atom. The molecule has 0 bridgehead atoms. The first-order valence-corrected chi connectivity index (χ1v) is 7.41. The van der Waals surface area contributed by atoms with Crippen molar-refractivity contribution in [1.82, 2.24) is 4.90 Å². The maximum absolute atomic E-state index is 4.19. The van der Waals surface area contributed by atoms with E-state index in [1.807, 2.05) is 0 Å². The van der Waals surface area contributed by atoms with Crippen molar-refractivity contribution in [3.63, 3.8) is 0 Å². The fourth-order valence-corrected chi connectivity index (χ4v) is 4.10. The minimum Gasteiger partial charge on any atom is -0.358 e. The van der Waals surface area contributed by atoms with Crippen molar-refractivity contribution >= 4 is 5.69 Å². The lowest BCUT2D eigenvalue weighted by Gasteiger charge is -2.57. The van der Waals surface area contributed by atoms with E-state index in [4.69, 9.17) is 0 Å². The summed E-state index contributed by atoms with van der Waals surface area (Å²) >= 11 is 0. The van der Waals surface area contributed by atoms with Crippen LogP contribution in [0.2, 0.25) is 0 Å². The van der Waals surface area contributed by atoms with Crippen LogP contribution < -0.4 is 4.90 Å². The molecule has 2 aliphatic rings. The number of benzene rings is 1. The monoisotopic (exact) mass is 268 g/mol. The maximum Gasteiger partial charge on any atom is 0.115 e. The van der Waals surface area contributed by atoms with Crippen LogP contribution in [0.15, 0.2) is 49.3 Å². The van der Waals surface area contributed by atoms with Gasteiger partial charge in [-0.15, -0.1) is 6.58 Å². The highest BCUT2D eigenvalue weighted by molar-refractivity contribution is 5.65. The molecule has 2 nitrogen and oxygen atoms in total. The Balaban J connectivity index is 2.31. The lowest BCUT2D eigenvalue weighted by atomic mass is 9.56. The Labute approximate surface area is 122 Å². The van der Waals surface area contributed by atoms with Crippen LogP contribution in [0.1, 0.15) is 32.8 Å². The number of hydrogen-bond donors (Lipinski definition) is 0. The van der Waals surface area contributed by atoms with E-state index in [1.165, 1.54) is 11.3 Å². The van der Waals surface area contributed by atoms with Crippen LogP contribution in [0.25, 0.3) is 0 Å². The van der Waals surface area contributed by atoms with E-state index < -0.39 is 0 Å². The van der Waals surface area contributed by atoms with Crippen LogP contribution in [-0.2, 0) is 5.41 Å². The van der Waals surface area contributed by atoms with E-state index in [1.54, 1.807) is 0 Å². The SMILES string of the molecule is C=CC1(C)C2N(C)C=CN2c2ccccc2C1(C)CC. The molecule has 0 radical (unpaired) electrons. The Bertz CT molecular complexity index is 577. The first-order chi connectivity index (χ1) is 9.49. The highest BCUT2D eigenvalue weighted by Gasteiger charge is 2.56. The van der Waals surface area contributed by atoms with E-state index in [9.17, 15) is 0 Å². The standard InChI is InChI=1S/C18H24N2/c1-6-17(3)14-10-8-9-11-15(14)20-13-12-19(5)16(20)18(17,4)7-2/h7-13,16H,2,6H2,1,3-5H3. The highest BCUT2D eigenvalue weighted by Crippen LogP contribution is 2.57. The first kappa shape index (κ1) is 13.3. The van der Waals surface area contributed by atoms with E-state index in [2.05, 4.69) is 86.9 Å². The minimum atomic E-state index is -0.00560. The van der Waals surface area contributed by atoms with Crippen molar-refractivity contribution < 1.29 is 0 Å². The summed E-state index contributed by atoms with van der Waals surface area (Å²) in [5.41, 5.74) is 2.85. The van der Waals surface area contributed by atoms with Gasteiger partial charge in [0.05, 0.1) is 0 Å². The summed E-state index contributed by atoms with van der Waals surface area (Å²) < 4.78 is 0. The largest absolute Gasteiger partial charge is 0.358 e. The summed E-state index contributed by atoms with van der Waals surface area (Å²) in [5.74, 6) is 0. The van der Waals surface area contributed by atoms with Gasteiger partial charge in [0.15, 0.2) is 0 Å². The summed E-state index contributed by atoms with van der Waals surface area (Å²) in [6.07, 6.45) is 7.93. The van der Waals surface area contributed by atoms with Gasteiger partial charge in [0.2, 0.25) is 0 Å². The quantitative estimate of drug-likeness (QED) is 0.745. The molecule has 3 unspecified atom stereocenters. The van der Waals surface area contributed by atoms with Crippen LogP contribution >= 0.6 is 0 Å². The van der Waals surface area contributed by atoms with Gasteiger partial charge in [-0.05, 0) is 18.1 Å². The molecule has 0 saturated carbocycles. The molecule has 0 N–H and O–H groups in total. The number of fused-ring (bicyclic) bond motifs is 3. The van der Waals surface area contributed by atoms with E-state index in [0.29, 0.717) is 6.17 Å². The molecule has 2 aliphatic heterocycles. The van der Waals surface area contributed by atoms with E-state index in [0.717, 1.165) is 6.42 Å². The van der Waals surface area contributed by atoms with Gasteiger partial charge in [0.1, 0.15) is 6.17 Å². The zero-order valence-electron chi connectivity index (χ0n) is 12.9. The van der Waals surface area contributed by atoms with Crippen LogP contribution in [0.5, 0.6) is 0 Å². The third-order valence-electron chi connectivity index (χ3n) is 5.74. The summed E-state index contributed by atoms with van der Waals surface area (Å²) in [5, 5.41) is 0. The predicted octanol–water partition coefficient (Wildman–Crippen LogP) is 4.11. The Kier molecular flexibility index (Phi) is 2.75. The zero-order valence-corrected chi connectivity index (χ0v) is 12.9. The van der Waals surface area contributed by atoms with Gasteiger partial charge in [-0.25, -0.2) is 0 Å². The van der Waals surface area contributed by atoms with Crippen LogP contribution in [0, 0.1) is 5.41 Å². The van der Waals surface area contributed by atoms with E-state index >= 15 is 0 Å². The third kappa shape index (κ3) is 1.34. The van der Waals surface area contributed by atoms with Crippen molar-refractivity contribution in [2.75, 3.05) is 11.9 Å². The topological polar surface area (TPSA) is 6.48 Å². The Morgan fingerprint density at radius 1 is 1.25 bits per heavy atom. The Morgan fingerprint density at radius 2 is 1.95 bits per heavy atom. The molecule has 3 rings (SSSR count). The second-order valence-electron chi connectivity index (χ2n) is 6.43. The van der Waals surface area contributed by atoms with Gasteiger partial charge in [0.25, 0.3) is 0 Å². The zero-order chi connectivity index (χ0) is 14.5. The van der Waals surface area contributed by atoms with Gasteiger partial charge < -0.3 is 9.80 Å². The van der Waals surface area contributed by atoms with Gasteiger partial charge in [-0.3, -0.25) is 0 Å². The average Bonchev–Trinajstić information content (AvgIpc) is 2.87. The molecule has 0 amide bonds. The van der Waals surface area contributed by atoms with Gasteiger partial charge >= 0.3 is 0 Å². The molecule has 0 aliphatic carbocycles. The predicted molar refractivity (Wildman–Crippen MR) is 85.6 cm³/mol. The molecule has 0 saturated heterocycles. The van der Waals surface area contributed by atoms with Crippen molar-refractivity contribution in [3.05, 3.63) is 54.9 Å². The summed E-state index contributed by atoms with van der Waals surface area (Å²) in [6, 6.07) is 8.81. The molecule has 106 valence electrons. The molecule has 1 aromatic rings. The van der Waals surface area contributed by atoms with Gasteiger partial charge in [0, 0.05) is 36.0 Å². The number of para-hydroxylation sites is 1. The summed E-state index contributed by atoms with van der Waals surface area (Å²) in [6.45, 7) is 11.2. The Hall–Kier alpha value is -1.70. The first-order valence-electron chi connectivity index (χ1n) is 7.41. The fraction of sp³-hybridized carbons (Fsp3) is 0.444. The normalized spacial score (nSPS) is 34.9. The smallest absolute Gasteiger partial charge is 0.115 e. The molecule has 0 aromatic heterocycles. The van der Waals surface area contributed by atoms with Crippen LogP contribution in [0.4, 0.5) is 5.69 Å². The second-order valence-corrected chi connectivity index (χ2v) is 6.43. The van der Waals surface area contributed by atoms with Crippen molar-refractivity contribution in [3.8, 4) is 0 Å². The van der Waals surface area contributed by atoms with Crippen molar-refractivity contribution in [2.24, 2.45) is 5.41 Å². The molecule has 3 atom stereocenters. The number of rotatable bonds is 2.